The van der Waals surface area contributed by atoms with E-state index < -0.39 is 0 Å². The van der Waals surface area contributed by atoms with Crippen LogP contribution in [-0.2, 0) is 11.3 Å². The Balaban J connectivity index is 1.46. The minimum Gasteiger partial charge on any atom is -0.497 e. The van der Waals surface area contributed by atoms with E-state index in [-0.39, 0.29) is 17.7 Å². The molecule has 0 unspecified atom stereocenters. The molecule has 0 bridgehead atoms. The number of likely N-dealkylation sites (tertiary alicyclic amines) is 1. The maximum atomic E-state index is 13.7. The third-order valence-electron chi connectivity index (χ3n) is 6.27. The molecule has 1 aromatic heterocycles. The Morgan fingerprint density at radius 1 is 0.914 bits per heavy atom. The van der Waals surface area contributed by atoms with Gasteiger partial charge in [0.25, 0.3) is 5.91 Å². The largest absolute Gasteiger partial charge is 0.497 e. The zero-order chi connectivity index (χ0) is 24.8. The second-order valence-electron chi connectivity index (χ2n) is 8.37. The molecule has 0 aliphatic carbocycles. The standard InChI is InChI=1S/C27H30N2O5S/c1-32-22-8-6-21(7-9-22)29(18-25-5-4-14-35-25)27(31)19-10-12-28(13-11-19)26(30)20-15-23(33-2)17-24(16-20)34-3/h4-9,14-17,19H,10-13,18H2,1-3H3. The van der Waals surface area contributed by atoms with Crippen molar-refractivity contribution in [3.05, 3.63) is 70.4 Å². The Labute approximate surface area is 209 Å². The van der Waals surface area contributed by atoms with Crippen LogP contribution < -0.4 is 19.1 Å². The van der Waals surface area contributed by atoms with Crippen LogP contribution >= 0.6 is 11.3 Å². The van der Waals surface area contributed by atoms with Crippen LogP contribution in [0, 0.1) is 5.92 Å². The van der Waals surface area contributed by atoms with Crippen LogP contribution in [0.5, 0.6) is 17.2 Å². The highest BCUT2D eigenvalue weighted by molar-refractivity contribution is 7.09. The minimum atomic E-state index is -0.152. The highest BCUT2D eigenvalue weighted by atomic mass is 32.1. The molecule has 2 amide bonds. The van der Waals surface area contributed by atoms with E-state index in [9.17, 15) is 9.59 Å². The minimum absolute atomic E-state index is 0.0821. The van der Waals surface area contributed by atoms with Crippen molar-refractivity contribution in [2.75, 3.05) is 39.3 Å². The highest BCUT2D eigenvalue weighted by Gasteiger charge is 2.31. The summed E-state index contributed by atoms with van der Waals surface area (Å²) >= 11 is 1.63. The van der Waals surface area contributed by atoms with Crippen molar-refractivity contribution in [2.45, 2.75) is 19.4 Å². The SMILES string of the molecule is COc1ccc(N(Cc2cccs2)C(=O)C2CCN(C(=O)c3cc(OC)cc(OC)c3)CC2)cc1. The van der Waals surface area contributed by atoms with E-state index in [1.807, 2.05) is 46.7 Å². The van der Waals surface area contributed by atoms with Gasteiger partial charge < -0.3 is 24.0 Å². The number of hydrogen-bond donors (Lipinski definition) is 0. The maximum Gasteiger partial charge on any atom is 0.254 e. The van der Waals surface area contributed by atoms with Crippen LogP contribution in [-0.4, -0.2) is 51.1 Å². The Bertz CT molecular complexity index is 1120. The normalized spacial score (nSPS) is 13.9. The van der Waals surface area contributed by atoms with Crippen LogP contribution in [0.4, 0.5) is 5.69 Å². The molecule has 0 saturated carbocycles. The summed E-state index contributed by atoms with van der Waals surface area (Å²) in [6, 6.07) is 16.8. The average molecular weight is 495 g/mol. The number of anilines is 1. The molecule has 7 nitrogen and oxygen atoms in total. The van der Waals surface area contributed by atoms with E-state index in [0.717, 1.165) is 16.3 Å². The number of thiophene rings is 1. The zero-order valence-electron chi connectivity index (χ0n) is 20.2. The Hall–Kier alpha value is -3.52. The first-order valence-corrected chi connectivity index (χ1v) is 12.4. The molecule has 4 rings (SSSR count). The first-order valence-electron chi connectivity index (χ1n) is 11.5. The zero-order valence-corrected chi connectivity index (χ0v) is 21.0. The number of amides is 2. The van der Waals surface area contributed by atoms with Gasteiger partial charge in [0.05, 0.1) is 27.9 Å². The number of ether oxygens (including phenoxy) is 3. The van der Waals surface area contributed by atoms with E-state index in [2.05, 4.69) is 0 Å². The summed E-state index contributed by atoms with van der Waals surface area (Å²) in [5.41, 5.74) is 1.36. The third-order valence-corrected chi connectivity index (χ3v) is 7.14. The summed E-state index contributed by atoms with van der Waals surface area (Å²) in [7, 11) is 4.75. The van der Waals surface area contributed by atoms with E-state index >= 15 is 0 Å². The molecule has 1 aliphatic heterocycles. The van der Waals surface area contributed by atoms with E-state index in [1.165, 1.54) is 0 Å². The van der Waals surface area contributed by atoms with Crippen molar-refractivity contribution in [3.8, 4) is 17.2 Å². The lowest BCUT2D eigenvalue weighted by Gasteiger charge is -2.34. The predicted molar refractivity (Wildman–Crippen MR) is 137 cm³/mol. The molecule has 0 spiro atoms. The van der Waals surface area contributed by atoms with Crippen molar-refractivity contribution in [1.29, 1.82) is 0 Å². The lowest BCUT2D eigenvalue weighted by Crippen LogP contribution is -2.44. The van der Waals surface area contributed by atoms with Gasteiger partial charge in [0.2, 0.25) is 5.91 Å². The van der Waals surface area contributed by atoms with Gasteiger partial charge in [0.15, 0.2) is 0 Å². The number of hydrogen-bond acceptors (Lipinski definition) is 6. The van der Waals surface area contributed by atoms with E-state index in [0.29, 0.717) is 49.5 Å². The van der Waals surface area contributed by atoms with Crippen LogP contribution in [0.15, 0.2) is 60.0 Å². The Morgan fingerprint density at radius 3 is 2.09 bits per heavy atom. The Kier molecular flexibility index (Phi) is 7.92. The third kappa shape index (κ3) is 5.77. The van der Waals surface area contributed by atoms with E-state index in [1.54, 1.807) is 55.8 Å². The van der Waals surface area contributed by atoms with Gasteiger partial charge in [-0.1, -0.05) is 6.07 Å². The van der Waals surface area contributed by atoms with Crippen molar-refractivity contribution < 1.29 is 23.8 Å². The van der Waals surface area contributed by atoms with Crippen molar-refractivity contribution in [2.24, 2.45) is 5.92 Å². The quantitative estimate of drug-likeness (QED) is 0.447. The fourth-order valence-electron chi connectivity index (χ4n) is 4.28. The molecule has 184 valence electrons. The second kappa shape index (κ2) is 11.3. The van der Waals surface area contributed by atoms with Gasteiger partial charge in [-0.15, -0.1) is 11.3 Å². The summed E-state index contributed by atoms with van der Waals surface area (Å²) in [4.78, 5) is 31.6. The molecular formula is C27H30N2O5S. The summed E-state index contributed by atoms with van der Waals surface area (Å²) < 4.78 is 15.9. The molecule has 0 radical (unpaired) electrons. The van der Waals surface area contributed by atoms with Gasteiger partial charge in [-0.05, 0) is 60.7 Å². The summed E-state index contributed by atoms with van der Waals surface area (Å²) in [6.07, 6.45) is 1.23. The lowest BCUT2D eigenvalue weighted by molar-refractivity contribution is -0.123. The summed E-state index contributed by atoms with van der Waals surface area (Å²) in [5, 5.41) is 2.02. The van der Waals surface area contributed by atoms with Gasteiger partial charge in [-0.25, -0.2) is 0 Å². The number of carbonyl (C=O) groups is 2. The van der Waals surface area contributed by atoms with Gasteiger partial charge in [-0.3, -0.25) is 9.59 Å². The van der Waals surface area contributed by atoms with Crippen LogP contribution in [0.2, 0.25) is 0 Å². The number of rotatable bonds is 8. The summed E-state index contributed by atoms with van der Waals surface area (Å²) in [5.74, 6) is 1.74. The average Bonchev–Trinajstić information content (AvgIpc) is 3.44. The molecule has 1 fully saturated rings. The first kappa shape index (κ1) is 24.6. The van der Waals surface area contributed by atoms with Gasteiger partial charge >= 0.3 is 0 Å². The predicted octanol–water partition coefficient (Wildman–Crippen LogP) is 4.86. The topological polar surface area (TPSA) is 68.3 Å². The van der Waals surface area contributed by atoms with E-state index in [4.69, 9.17) is 14.2 Å². The van der Waals surface area contributed by atoms with Crippen molar-refractivity contribution >= 4 is 28.8 Å². The molecule has 35 heavy (non-hydrogen) atoms. The number of benzene rings is 2. The lowest BCUT2D eigenvalue weighted by atomic mass is 9.94. The molecule has 8 heteroatoms. The second-order valence-corrected chi connectivity index (χ2v) is 9.40. The molecule has 3 aromatic rings. The number of methoxy groups -OCH3 is 3. The fourth-order valence-corrected chi connectivity index (χ4v) is 4.97. The fraction of sp³-hybridized carbons (Fsp3) is 0.333. The van der Waals surface area contributed by atoms with Gasteiger partial charge in [0, 0.05) is 41.2 Å². The van der Waals surface area contributed by atoms with Crippen LogP contribution in [0.25, 0.3) is 0 Å². The molecule has 2 aromatic carbocycles. The Morgan fingerprint density at radius 2 is 1.54 bits per heavy atom. The highest BCUT2D eigenvalue weighted by Crippen LogP contribution is 2.29. The molecule has 2 heterocycles. The van der Waals surface area contributed by atoms with Crippen molar-refractivity contribution in [3.63, 3.8) is 0 Å². The van der Waals surface area contributed by atoms with Crippen molar-refractivity contribution in [1.82, 2.24) is 4.90 Å². The summed E-state index contributed by atoms with van der Waals surface area (Å²) in [6.45, 7) is 1.56. The number of piperidine rings is 1. The monoisotopic (exact) mass is 494 g/mol. The van der Waals surface area contributed by atoms with Gasteiger partial charge in [-0.2, -0.15) is 0 Å². The van der Waals surface area contributed by atoms with Crippen LogP contribution in [0.3, 0.4) is 0 Å². The molecule has 0 N–H and O–H groups in total. The molecule has 1 saturated heterocycles. The molecule has 0 atom stereocenters. The van der Waals surface area contributed by atoms with Gasteiger partial charge in [0.1, 0.15) is 17.2 Å². The smallest absolute Gasteiger partial charge is 0.254 e. The molecule has 1 aliphatic rings. The first-order chi connectivity index (χ1) is 17.0. The molecular weight excluding hydrogens is 464 g/mol. The number of carbonyl (C=O) groups excluding carboxylic acids is 2. The maximum absolute atomic E-state index is 13.7. The number of nitrogens with zero attached hydrogens (tertiary/aromatic N) is 2. The van der Waals surface area contributed by atoms with Crippen LogP contribution in [0.1, 0.15) is 28.1 Å².